The number of nitrogens with zero attached hydrogens (tertiary/aromatic N) is 3. The number of carbonyl (C=O) groups is 1. The van der Waals surface area contributed by atoms with Crippen LogP contribution >= 0.6 is 11.3 Å². The molecule has 0 N–H and O–H groups in total. The Labute approximate surface area is 193 Å². The van der Waals surface area contributed by atoms with Crippen LogP contribution in [-0.2, 0) is 0 Å². The summed E-state index contributed by atoms with van der Waals surface area (Å²) in [5.74, 6) is 0.494. The number of rotatable bonds is 8. The summed E-state index contributed by atoms with van der Waals surface area (Å²) in [7, 11) is 1.61. The van der Waals surface area contributed by atoms with E-state index in [2.05, 4.69) is 37.8 Å². The SMILES string of the molecule is CCN(CC)CCN(C(=O)c1cc2ccccc2cc1OC)c1nc2ccc(C)cc2s1. The lowest BCUT2D eigenvalue weighted by Gasteiger charge is -2.25. The summed E-state index contributed by atoms with van der Waals surface area (Å²) in [4.78, 5) is 22.8. The van der Waals surface area contributed by atoms with Crippen molar-refractivity contribution in [2.75, 3.05) is 38.2 Å². The molecule has 6 heteroatoms. The van der Waals surface area contributed by atoms with Gasteiger partial charge in [0, 0.05) is 13.1 Å². The van der Waals surface area contributed by atoms with Crippen molar-refractivity contribution in [3.05, 3.63) is 65.7 Å². The van der Waals surface area contributed by atoms with Crippen molar-refractivity contribution in [1.29, 1.82) is 0 Å². The van der Waals surface area contributed by atoms with Crippen molar-refractivity contribution in [2.45, 2.75) is 20.8 Å². The van der Waals surface area contributed by atoms with Gasteiger partial charge in [-0.2, -0.15) is 0 Å². The molecule has 1 heterocycles. The Morgan fingerprint density at radius 3 is 2.41 bits per heavy atom. The van der Waals surface area contributed by atoms with Crippen LogP contribution < -0.4 is 9.64 Å². The third kappa shape index (κ3) is 4.47. The van der Waals surface area contributed by atoms with E-state index in [9.17, 15) is 4.79 Å². The van der Waals surface area contributed by atoms with E-state index in [0.717, 1.165) is 45.8 Å². The topological polar surface area (TPSA) is 45.7 Å². The fourth-order valence-electron chi connectivity index (χ4n) is 3.90. The number of thiazole rings is 1. The van der Waals surface area contributed by atoms with Gasteiger partial charge in [0.2, 0.25) is 0 Å². The third-order valence-corrected chi connectivity index (χ3v) is 6.88. The first-order chi connectivity index (χ1) is 15.5. The van der Waals surface area contributed by atoms with Crippen molar-refractivity contribution >= 4 is 43.4 Å². The number of aromatic nitrogens is 1. The summed E-state index contributed by atoms with van der Waals surface area (Å²) in [6, 6.07) is 18.1. The Morgan fingerprint density at radius 1 is 1.00 bits per heavy atom. The Morgan fingerprint density at radius 2 is 1.72 bits per heavy atom. The maximum absolute atomic E-state index is 13.9. The Hall–Kier alpha value is -2.96. The summed E-state index contributed by atoms with van der Waals surface area (Å²) >= 11 is 1.56. The molecule has 0 fully saturated rings. The summed E-state index contributed by atoms with van der Waals surface area (Å²) in [6.07, 6.45) is 0. The van der Waals surface area contributed by atoms with Crippen LogP contribution in [0.15, 0.2) is 54.6 Å². The van der Waals surface area contributed by atoms with E-state index in [0.29, 0.717) is 17.9 Å². The molecule has 0 bridgehead atoms. The Bertz CT molecular complexity index is 1250. The van der Waals surface area contributed by atoms with Crippen molar-refractivity contribution in [1.82, 2.24) is 9.88 Å². The van der Waals surface area contributed by atoms with Crippen molar-refractivity contribution < 1.29 is 9.53 Å². The Balaban J connectivity index is 1.77. The van der Waals surface area contributed by atoms with E-state index in [-0.39, 0.29) is 5.91 Å². The summed E-state index contributed by atoms with van der Waals surface area (Å²) in [5, 5.41) is 2.78. The second-order valence-corrected chi connectivity index (χ2v) is 8.86. The van der Waals surface area contributed by atoms with Gasteiger partial charge in [0.1, 0.15) is 5.75 Å². The molecule has 0 aliphatic heterocycles. The van der Waals surface area contributed by atoms with Crippen LogP contribution in [0, 0.1) is 6.92 Å². The number of amides is 1. The van der Waals surface area contributed by atoms with Gasteiger partial charge in [-0.25, -0.2) is 4.98 Å². The van der Waals surface area contributed by atoms with Crippen LogP contribution in [0.3, 0.4) is 0 Å². The lowest BCUT2D eigenvalue weighted by atomic mass is 10.0. The van der Waals surface area contributed by atoms with Crippen LogP contribution in [-0.4, -0.2) is 49.1 Å². The predicted molar refractivity (Wildman–Crippen MR) is 134 cm³/mol. The highest BCUT2D eigenvalue weighted by Gasteiger charge is 2.25. The zero-order valence-electron chi connectivity index (χ0n) is 19.1. The highest BCUT2D eigenvalue weighted by atomic mass is 32.1. The van der Waals surface area contributed by atoms with Gasteiger partial charge in [-0.1, -0.05) is 55.5 Å². The van der Waals surface area contributed by atoms with Gasteiger partial charge in [0.05, 0.1) is 22.9 Å². The summed E-state index contributed by atoms with van der Waals surface area (Å²) in [5.41, 5.74) is 2.66. The predicted octanol–water partition coefficient (Wildman–Crippen LogP) is 5.76. The van der Waals surface area contributed by atoms with Gasteiger partial charge < -0.3 is 9.64 Å². The van der Waals surface area contributed by atoms with Gasteiger partial charge in [0.25, 0.3) is 5.91 Å². The first kappa shape index (κ1) is 22.2. The number of likely N-dealkylation sites (N-methyl/N-ethyl adjacent to an activating group) is 1. The Kier molecular flexibility index (Phi) is 6.72. The van der Waals surface area contributed by atoms with Crippen LogP contribution in [0.1, 0.15) is 29.8 Å². The van der Waals surface area contributed by atoms with E-state index in [1.807, 2.05) is 47.4 Å². The van der Waals surface area contributed by atoms with Crippen molar-refractivity contribution in [3.8, 4) is 5.75 Å². The number of benzene rings is 3. The molecule has 5 nitrogen and oxygen atoms in total. The second-order valence-electron chi connectivity index (χ2n) is 7.85. The minimum absolute atomic E-state index is 0.0875. The van der Waals surface area contributed by atoms with Gasteiger partial charge in [-0.05, 0) is 60.6 Å². The van der Waals surface area contributed by atoms with Crippen molar-refractivity contribution in [2.24, 2.45) is 0 Å². The fraction of sp³-hybridized carbons (Fsp3) is 0.308. The lowest BCUT2D eigenvalue weighted by Crippen LogP contribution is -2.39. The highest BCUT2D eigenvalue weighted by Crippen LogP contribution is 2.33. The number of methoxy groups -OCH3 is 1. The zero-order valence-corrected chi connectivity index (χ0v) is 19.9. The largest absolute Gasteiger partial charge is 0.496 e. The molecular weight excluding hydrogens is 418 g/mol. The van der Waals surface area contributed by atoms with E-state index >= 15 is 0 Å². The van der Waals surface area contributed by atoms with Gasteiger partial charge >= 0.3 is 0 Å². The maximum Gasteiger partial charge on any atom is 0.263 e. The lowest BCUT2D eigenvalue weighted by molar-refractivity contribution is 0.0981. The maximum atomic E-state index is 13.9. The molecule has 0 unspecified atom stereocenters. The molecule has 166 valence electrons. The summed E-state index contributed by atoms with van der Waals surface area (Å²) in [6.45, 7) is 9.58. The van der Waals surface area contributed by atoms with Crippen molar-refractivity contribution in [3.63, 3.8) is 0 Å². The van der Waals surface area contributed by atoms with Crippen LogP contribution in [0.25, 0.3) is 21.0 Å². The quantitative estimate of drug-likeness (QED) is 0.345. The number of fused-ring (bicyclic) bond motifs is 2. The second kappa shape index (κ2) is 9.67. The van der Waals surface area contributed by atoms with E-state index in [1.54, 1.807) is 18.4 Å². The summed E-state index contributed by atoms with van der Waals surface area (Å²) < 4.78 is 6.72. The van der Waals surface area contributed by atoms with Gasteiger partial charge in [-0.3, -0.25) is 9.69 Å². The molecule has 0 radical (unpaired) electrons. The fourth-order valence-corrected chi connectivity index (χ4v) is 4.99. The molecule has 32 heavy (non-hydrogen) atoms. The molecule has 0 spiro atoms. The minimum Gasteiger partial charge on any atom is -0.496 e. The average molecular weight is 448 g/mol. The molecule has 4 aromatic rings. The monoisotopic (exact) mass is 447 g/mol. The molecule has 3 aromatic carbocycles. The standard InChI is InChI=1S/C26H29N3O2S/c1-5-28(6-2)13-14-29(26-27-22-12-11-18(3)15-24(22)32-26)25(30)21-16-19-9-7-8-10-20(19)17-23(21)31-4/h7-12,15-17H,5-6,13-14H2,1-4H3. The van der Waals surface area contributed by atoms with E-state index in [4.69, 9.17) is 9.72 Å². The molecule has 1 aromatic heterocycles. The number of hydrogen-bond acceptors (Lipinski definition) is 5. The number of hydrogen-bond donors (Lipinski definition) is 0. The number of ether oxygens (including phenoxy) is 1. The zero-order chi connectivity index (χ0) is 22.7. The molecule has 0 aliphatic carbocycles. The minimum atomic E-state index is -0.0875. The van der Waals surface area contributed by atoms with E-state index < -0.39 is 0 Å². The smallest absolute Gasteiger partial charge is 0.263 e. The molecule has 0 saturated heterocycles. The third-order valence-electron chi connectivity index (χ3n) is 5.84. The molecule has 0 saturated carbocycles. The van der Waals surface area contributed by atoms with Crippen LogP contribution in [0.4, 0.5) is 5.13 Å². The first-order valence-corrected chi connectivity index (χ1v) is 11.8. The number of aryl methyl sites for hydroxylation is 1. The molecule has 1 amide bonds. The van der Waals surface area contributed by atoms with E-state index in [1.165, 1.54) is 5.56 Å². The van der Waals surface area contributed by atoms with Gasteiger partial charge in [0.15, 0.2) is 5.13 Å². The average Bonchev–Trinajstić information content (AvgIpc) is 3.23. The normalized spacial score (nSPS) is 11.4. The molecular formula is C26H29N3O2S. The van der Waals surface area contributed by atoms with Crippen LogP contribution in [0.2, 0.25) is 0 Å². The number of carbonyl (C=O) groups excluding carboxylic acids is 1. The highest BCUT2D eigenvalue weighted by molar-refractivity contribution is 7.22. The van der Waals surface area contributed by atoms with Gasteiger partial charge in [-0.15, -0.1) is 0 Å². The molecule has 0 atom stereocenters. The van der Waals surface area contributed by atoms with Crippen LogP contribution in [0.5, 0.6) is 5.75 Å². The first-order valence-electron chi connectivity index (χ1n) is 11.0. The molecule has 0 aliphatic rings. The molecule has 4 rings (SSSR count). The number of anilines is 1.